The Morgan fingerprint density at radius 1 is 0.895 bits per heavy atom. The second-order valence-corrected chi connectivity index (χ2v) is 4.47. The molecule has 2 nitrogen and oxygen atoms in total. The topological polar surface area (TPSA) is 26.3 Å². The van der Waals surface area contributed by atoms with Gasteiger partial charge in [0.2, 0.25) is 0 Å². The van der Waals surface area contributed by atoms with Crippen LogP contribution in [-0.4, -0.2) is 13.1 Å². The Kier molecular flexibility index (Phi) is 13.7. The summed E-state index contributed by atoms with van der Waals surface area (Å²) >= 11 is 0. The molecule has 0 aliphatic heterocycles. The van der Waals surface area contributed by atoms with Crippen molar-refractivity contribution in [2.45, 2.75) is 58.3 Å². The number of unbranched alkanes of at least 4 members (excludes halogenated alkanes) is 3. The first kappa shape index (κ1) is 17.7. The first-order valence-electron chi connectivity index (χ1n) is 7.33. The van der Waals surface area contributed by atoms with E-state index in [2.05, 4.69) is 48.1 Å². The van der Waals surface area contributed by atoms with Crippen LogP contribution in [0.15, 0.2) is 36.5 Å². The number of ether oxygens (including phenoxy) is 1. The molecular formula is C17H28O2. The summed E-state index contributed by atoms with van der Waals surface area (Å²) in [5.74, 6) is -0.0993. The molecule has 0 bridgehead atoms. The standard InChI is InChI=1S/C17H28O2/c1-3-4-5-6-7-8-9-10-11-12-13-14-15-16-17(18)19-2/h4-5,7-8,10-11H,3,6,9,12-16H2,1-2H3/b5-4?,8-7?,11-10-. The highest BCUT2D eigenvalue weighted by Crippen LogP contribution is 2.05. The highest BCUT2D eigenvalue weighted by molar-refractivity contribution is 5.68. The van der Waals surface area contributed by atoms with Crippen LogP contribution in [0, 0.1) is 0 Å². The molecule has 0 fully saturated rings. The van der Waals surface area contributed by atoms with E-state index >= 15 is 0 Å². The highest BCUT2D eigenvalue weighted by Gasteiger charge is 1.97. The number of hydrogen-bond acceptors (Lipinski definition) is 2. The molecule has 0 aromatic rings. The molecule has 0 atom stereocenters. The van der Waals surface area contributed by atoms with Crippen molar-refractivity contribution in [2.24, 2.45) is 0 Å². The molecule has 0 aromatic heterocycles. The summed E-state index contributed by atoms with van der Waals surface area (Å²) < 4.78 is 4.59. The number of esters is 1. The monoisotopic (exact) mass is 264 g/mol. The van der Waals surface area contributed by atoms with E-state index < -0.39 is 0 Å². The number of allylic oxidation sites excluding steroid dienone is 6. The van der Waals surface area contributed by atoms with E-state index in [1.807, 2.05) is 0 Å². The van der Waals surface area contributed by atoms with Gasteiger partial charge < -0.3 is 4.74 Å². The van der Waals surface area contributed by atoms with Gasteiger partial charge >= 0.3 is 5.97 Å². The Morgan fingerprint density at radius 2 is 1.53 bits per heavy atom. The second kappa shape index (κ2) is 14.7. The van der Waals surface area contributed by atoms with Gasteiger partial charge in [-0.1, -0.05) is 49.8 Å². The third-order valence-corrected chi connectivity index (χ3v) is 2.76. The first-order valence-corrected chi connectivity index (χ1v) is 7.33. The maximum absolute atomic E-state index is 10.9. The van der Waals surface area contributed by atoms with Crippen molar-refractivity contribution in [2.75, 3.05) is 7.11 Å². The molecular weight excluding hydrogens is 236 g/mol. The SMILES string of the molecule is CCC=CCC=CC/C=C\CCCCCC(=O)OC. The van der Waals surface area contributed by atoms with Gasteiger partial charge in [0.05, 0.1) is 7.11 Å². The average Bonchev–Trinajstić information content (AvgIpc) is 2.43. The Balaban J connectivity index is 3.30. The summed E-state index contributed by atoms with van der Waals surface area (Å²) in [4.78, 5) is 10.9. The van der Waals surface area contributed by atoms with Crippen molar-refractivity contribution in [1.29, 1.82) is 0 Å². The number of hydrogen-bond donors (Lipinski definition) is 0. The normalized spacial score (nSPS) is 11.9. The van der Waals surface area contributed by atoms with Crippen LogP contribution >= 0.6 is 0 Å². The quantitative estimate of drug-likeness (QED) is 0.299. The minimum Gasteiger partial charge on any atom is -0.469 e. The van der Waals surface area contributed by atoms with E-state index in [1.165, 1.54) is 7.11 Å². The molecule has 0 heterocycles. The molecule has 0 spiro atoms. The molecule has 0 unspecified atom stereocenters. The van der Waals surface area contributed by atoms with Gasteiger partial charge in [0, 0.05) is 6.42 Å². The summed E-state index contributed by atoms with van der Waals surface area (Å²) in [5, 5.41) is 0. The van der Waals surface area contributed by atoms with E-state index in [0.717, 1.165) is 44.9 Å². The summed E-state index contributed by atoms with van der Waals surface area (Å²) in [5.41, 5.74) is 0. The van der Waals surface area contributed by atoms with Crippen molar-refractivity contribution in [3.63, 3.8) is 0 Å². The fourth-order valence-corrected chi connectivity index (χ4v) is 1.64. The van der Waals surface area contributed by atoms with Gasteiger partial charge in [0.15, 0.2) is 0 Å². The number of methoxy groups -OCH3 is 1. The molecule has 0 N–H and O–H groups in total. The summed E-state index contributed by atoms with van der Waals surface area (Å²) in [7, 11) is 1.44. The molecule has 0 radical (unpaired) electrons. The zero-order valence-electron chi connectivity index (χ0n) is 12.4. The van der Waals surface area contributed by atoms with Gasteiger partial charge in [0.25, 0.3) is 0 Å². The van der Waals surface area contributed by atoms with Gasteiger partial charge in [-0.2, -0.15) is 0 Å². The van der Waals surface area contributed by atoms with Gasteiger partial charge in [-0.3, -0.25) is 4.79 Å². The molecule has 108 valence electrons. The van der Waals surface area contributed by atoms with Crippen molar-refractivity contribution in [3.8, 4) is 0 Å². The maximum atomic E-state index is 10.9. The number of carbonyl (C=O) groups is 1. The van der Waals surface area contributed by atoms with Crippen molar-refractivity contribution >= 4 is 5.97 Å². The van der Waals surface area contributed by atoms with Crippen LogP contribution in [0.1, 0.15) is 58.3 Å². The third-order valence-electron chi connectivity index (χ3n) is 2.76. The largest absolute Gasteiger partial charge is 0.469 e. The Hall–Kier alpha value is -1.31. The Morgan fingerprint density at radius 3 is 2.16 bits per heavy atom. The predicted octanol–water partition coefficient (Wildman–Crippen LogP) is 4.97. The molecule has 0 aliphatic carbocycles. The van der Waals surface area contributed by atoms with Crippen LogP contribution in [0.4, 0.5) is 0 Å². The van der Waals surface area contributed by atoms with Crippen LogP contribution in [0.2, 0.25) is 0 Å². The van der Waals surface area contributed by atoms with E-state index in [4.69, 9.17) is 0 Å². The van der Waals surface area contributed by atoms with Gasteiger partial charge in [-0.25, -0.2) is 0 Å². The smallest absolute Gasteiger partial charge is 0.305 e. The second-order valence-electron chi connectivity index (χ2n) is 4.47. The maximum Gasteiger partial charge on any atom is 0.305 e. The molecule has 19 heavy (non-hydrogen) atoms. The van der Waals surface area contributed by atoms with E-state index in [0.29, 0.717) is 6.42 Å². The lowest BCUT2D eigenvalue weighted by Crippen LogP contribution is -1.98. The number of carbonyl (C=O) groups excluding carboxylic acids is 1. The van der Waals surface area contributed by atoms with Crippen molar-refractivity contribution < 1.29 is 9.53 Å². The summed E-state index contributed by atoms with van der Waals surface area (Å²) in [6.07, 6.45) is 21.2. The van der Waals surface area contributed by atoms with Crippen molar-refractivity contribution in [1.82, 2.24) is 0 Å². The summed E-state index contributed by atoms with van der Waals surface area (Å²) in [6.45, 7) is 2.15. The van der Waals surface area contributed by atoms with Gasteiger partial charge in [-0.05, 0) is 38.5 Å². The lowest BCUT2D eigenvalue weighted by atomic mass is 10.1. The molecule has 0 rings (SSSR count). The summed E-state index contributed by atoms with van der Waals surface area (Å²) in [6, 6.07) is 0. The molecule has 0 aliphatic rings. The average molecular weight is 264 g/mol. The van der Waals surface area contributed by atoms with Crippen LogP contribution in [0.25, 0.3) is 0 Å². The van der Waals surface area contributed by atoms with Crippen LogP contribution in [-0.2, 0) is 9.53 Å². The Bertz CT molecular complexity index is 288. The zero-order valence-corrected chi connectivity index (χ0v) is 12.4. The van der Waals surface area contributed by atoms with E-state index in [9.17, 15) is 4.79 Å². The lowest BCUT2D eigenvalue weighted by molar-refractivity contribution is -0.140. The lowest BCUT2D eigenvalue weighted by Gasteiger charge is -1.98. The van der Waals surface area contributed by atoms with Crippen LogP contribution in [0.3, 0.4) is 0 Å². The van der Waals surface area contributed by atoms with E-state index in [-0.39, 0.29) is 5.97 Å². The van der Waals surface area contributed by atoms with Crippen molar-refractivity contribution in [3.05, 3.63) is 36.5 Å². The fourth-order valence-electron chi connectivity index (χ4n) is 1.64. The molecule has 0 saturated carbocycles. The fraction of sp³-hybridized carbons (Fsp3) is 0.588. The van der Waals surface area contributed by atoms with Crippen LogP contribution < -0.4 is 0 Å². The molecule has 0 saturated heterocycles. The third kappa shape index (κ3) is 14.6. The molecule has 0 amide bonds. The first-order chi connectivity index (χ1) is 9.31. The molecule has 0 aromatic carbocycles. The van der Waals surface area contributed by atoms with E-state index in [1.54, 1.807) is 0 Å². The predicted molar refractivity (Wildman–Crippen MR) is 82.0 cm³/mol. The zero-order chi connectivity index (χ0) is 14.2. The minimum absolute atomic E-state index is 0.0993. The molecule has 2 heteroatoms. The van der Waals surface area contributed by atoms with Gasteiger partial charge in [0.1, 0.15) is 0 Å². The van der Waals surface area contributed by atoms with Crippen LogP contribution in [0.5, 0.6) is 0 Å². The Labute approximate surface area is 118 Å². The number of rotatable bonds is 11. The van der Waals surface area contributed by atoms with Gasteiger partial charge in [-0.15, -0.1) is 0 Å². The minimum atomic E-state index is -0.0993. The highest BCUT2D eigenvalue weighted by atomic mass is 16.5.